The minimum absolute atomic E-state index is 0.236. The molecule has 1 atom stereocenters. The van der Waals surface area contributed by atoms with Gasteiger partial charge in [0.25, 0.3) is 0 Å². The highest BCUT2D eigenvalue weighted by Gasteiger charge is 2.11. The molecule has 2 aromatic rings. The molecule has 0 spiro atoms. The van der Waals surface area contributed by atoms with Gasteiger partial charge in [0.15, 0.2) is 5.65 Å². The Kier molecular flexibility index (Phi) is 3.76. The lowest BCUT2D eigenvalue weighted by atomic mass is 10.1. The summed E-state index contributed by atoms with van der Waals surface area (Å²) in [7, 11) is 1.96. The molecule has 0 saturated heterocycles. The molecular formula is C12H19N5O. The van der Waals surface area contributed by atoms with Crippen molar-refractivity contribution in [3.63, 3.8) is 0 Å². The maximum absolute atomic E-state index is 11.5. The lowest BCUT2D eigenvalue weighted by Crippen LogP contribution is -2.28. The Labute approximate surface area is 105 Å². The molecule has 1 unspecified atom stereocenters. The van der Waals surface area contributed by atoms with E-state index in [1.807, 2.05) is 20.0 Å². The SMILES string of the molecule is CCCC(Cc1cc2n[nH]c(=O)n2c(C)n1)NC. The number of nitrogens with one attached hydrogen (secondary N) is 2. The summed E-state index contributed by atoms with van der Waals surface area (Å²) in [6, 6.07) is 2.28. The zero-order chi connectivity index (χ0) is 13.1. The molecule has 0 fully saturated rings. The summed E-state index contributed by atoms with van der Waals surface area (Å²) >= 11 is 0. The molecular weight excluding hydrogens is 230 g/mol. The van der Waals surface area contributed by atoms with Crippen molar-refractivity contribution in [2.45, 2.75) is 39.2 Å². The van der Waals surface area contributed by atoms with Gasteiger partial charge >= 0.3 is 5.69 Å². The topological polar surface area (TPSA) is 75.1 Å². The predicted molar refractivity (Wildman–Crippen MR) is 69.8 cm³/mol. The maximum Gasteiger partial charge on any atom is 0.349 e. The molecule has 0 bridgehead atoms. The van der Waals surface area contributed by atoms with Gasteiger partial charge in [0, 0.05) is 24.2 Å². The van der Waals surface area contributed by atoms with E-state index in [-0.39, 0.29) is 5.69 Å². The molecule has 0 aromatic carbocycles. The number of likely N-dealkylation sites (N-methyl/N-ethyl adjacent to an activating group) is 1. The number of hydrogen-bond donors (Lipinski definition) is 2. The highest BCUT2D eigenvalue weighted by molar-refractivity contribution is 5.38. The number of fused-ring (bicyclic) bond motifs is 1. The maximum atomic E-state index is 11.5. The number of hydrogen-bond acceptors (Lipinski definition) is 4. The Bertz CT molecular complexity index is 586. The van der Waals surface area contributed by atoms with Crippen LogP contribution in [-0.2, 0) is 6.42 Å². The molecule has 0 aliphatic carbocycles. The fourth-order valence-electron chi connectivity index (χ4n) is 2.21. The van der Waals surface area contributed by atoms with E-state index in [1.54, 1.807) is 0 Å². The summed E-state index contributed by atoms with van der Waals surface area (Å²) in [6.07, 6.45) is 3.09. The summed E-state index contributed by atoms with van der Waals surface area (Å²) in [5, 5.41) is 9.71. The van der Waals surface area contributed by atoms with Crippen molar-refractivity contribution in [1.29, 1.82) is 0 Å². The van der Waals surface area contributed by atoms with Crippen LogP contribution in [-0.4, -0.2) is 32.7 Å². The third-order valence-corrected chi connectivity index (χ3v) is 3.12. The predicted octanol–water partition coefficient (Wildman–Crippen LogP) is 0.657. The van der Waals surface area contributed by atoms with Crippen LogP contribution >= 0.6 is 0 Å². The fraction of sp³-hybridized carbons (Fsp3) is 0.583. The molecule has 2 heterocycles. The molecule has 6 nitrogen and oxygen atoms in total. The minimum atomic E-state index is -0.236. The second-order valence-corrected chi connectivity index (χ2v) is 4.50. The number of aromatic nitrogens is 4. The molecule has 0 radical (unpaired) electrons. The van der Waals surface area contributed by atoms with Gasteiger partial charge in [0.1, 0.15) is 5.82 Å². The van der Waals surface area contributed by atoms with Crippen LogP contribution in [0.25, 0.3) is 5.65 Å². The summed E-state index contributed by atoms with van der Waals surface area (Å²) in [5.74, 6) is 0.674. The van der Waals surface area contributed by atoms with Crippen LogP contribution in [0.3, 0.4) is 0 Å². The molecule has 0 aliphatic heterocycles. The summed E-state index contributed by atoms with van der Waals surface area (Å²) in [4.78, 5) is 16.0. The van der Waals surface area contributed by atoms with Gasteiger partial charge in [-0.05, 0) is 20.4 Å². The van der Waals surface area contributed by atoms with Crippen molar-refractivity contribution in [3.8, 4) is 0 Å². The van der Waals surface area contributed by atoms with Crippen molar-refractivity contribution in [2.24, 2.45) is 0 Å². The van der Waals surface area contributed by atoms with Crippen molar-refractivity contribution in [2.75, 3.05) is 7.05 Å². The van der Waals surface area contributed by atoms with Gasteiger partial charge < -0.3 is 5.32 Å². The van der Waals surface area contributed by atoms with Gasteiger partial charge in [0.2, 0.25) is 0 Å². The minimum Gasteiger partial charge on any atom is -0.317 e. The molecule has 98 valence electrons. The first-order chi connectivity index (χ1) is 8.65. The first-order valence-electron chi connectivity index (χ1n) is 6.26. The number of aryl methyl sites for hydroxylation is 1. The number of nitrogens with zero attached hydrogens (tertiary/aromatic N) is 3. The van der Waals surface area contributed by atoms with Crippen molar-refractivity contribution in [3.05, 3.63) is 28.1 Å². The summed E-state index contributed by atoms with van der Waals surface area (Å²) in [6.45, 7) is 3.99. The van der Waals surface area contributed by atoms with E-state index in [2.05, 4.69) is 27.4 Å². The molecule has 0 aliphatic rings. The van der Waals surface area contributed by atoms with Gasteiger partial charge in [-0.15, -0.1) is 0 Å². The van der Waals surface area contributed by atoms with Crippen LogP contribution < -0.4 is 11.0 Å². The molecule has 18 heavy (non-hydrogen) atoms. The van der Waals surface area contributed by atoms with Gasteiger partial charge in [-0.2, -0.15) is 5.10 Å². The van der Waals surface area contributed by atoms with Crippen molar-refractivity contribution < 1.29 is 0 Å². The Hall–Kier alpha value is -1.69. The Morgan fingerprint density at radius 1 is 1.56 bits per heavy atom. The zero-order valence-corrected chi connectivity index (χ0v) is 11.0. The lowest BCUT2D eigenvalue weighted by molar-refractivity contribution is 0.508. The third kappa shape index (κ3) is 2.43. The third-order valence-electron chi connectivity index (χ3n) is 3.12. The zero-order valence-electron chi connectivity index (χ0n) is 11.0. The van der Waals surface area contributed by atoms with Crippen LogP contribution in [0.5, 0.6) is 0 Å². The second-order valence-electron chi connectivity index (χ2n) is 4.50. The summed E-state index contributed by atoms with van der Waals surface area (Å²) in [5.41, 5.74) is 1.36. The highest BCUT2D eigenvalue weighted by atomic mass is 16.1. The summed E-state index contributed by atoms with van der Waals surface area (Å²) < 4.78 is 1.48. The largest absolute Gasteiger partial charge is 0.349 e. The number of H-pyrrole nitrogens is 1. The van der Waals surface area contributed by atoms with Crippen LogP contribution in [0.2, 0.25) is 0 Å². The van der Waals surface area contributed by atoms with Crippen LogP contribution in [0.15, 0.2) is 10.9 Å². The molecule has 2 N–H and O–H groups in total. The molecule has 0 saturated carbocycles. The van der Waals surface area contributed by atoms with E-state index in [0.717, 1.165) is 25.0 Å². The Morgan fingerprint density at radius 2 is 2.33 bits per heavy atom. The van der Waals surface area contributed by atoms with Crippen molar-refractivity contribution >= 4 is 5.65 Å². The van der Waals surface area contributed by atoms with Gasteiger partial charge in [-0.25, -0.2) is 19.3 Å². The quantitative estimate of drug-likeness (QED) is 0.816. The molecule has 2 rings (SSSR count). The smallest absolute Gasteiger partial charge is 0.317 e. The Balaban J connectivity index is 2.32. The fourth-order valence-corrected chi connectivity index (χ4v) is 2.21. The van der Waals surface area contributed by atoms with E-state index in [9.17, 15) is 4.79 Å². The molecule has 0 amide bonds. The van der Waals surface area contributed by atoms with E-state index >= 15 is 0 Å². The van der Waals surface area contributed by atoms with Crippen LogP contribution in [0.1, 0.15) is 31.3 Å². The van der Waals surface area contributed by atoms with Crippen LogP contribution in [0, 0.1) is 6.92 Å². The Morgan fingerprint density at radius 3 is 3.00 bits per heavy atom. The molecule has 6 heteroatoms. The average Bonchev–Trinajstić information content (AvgIpc) is 2.71. The van der Waals surface area contributed by atoms with E-state index in [4.69, 9.17) is 0 Å². The van der Waals surface area contributed by atoms with Gasteiger partial charge in [-0.3, -0.25) is 0 Å². The van der Waals surface area contributed by atoms with E-state index in [1.165, 1.54) is 4.40 Å². The average molecular weight is 249 g/mol. The normalized spacial score (nSPS) is 13.1. The first kappa shape index (κ1) is 12.8. The monoisotopic (exact) mass is 249 g/mol. The van der Waals surface area contributed by atoms with Crippen molar-refractivity contribution in [1.82, 2.24) is 24.9 Å². The van der Waals surface area contributed by atoms with Gasteiger partial charge in [-0.1, -0.05) is 13.3 Å². The molecule has 2 aromatic heterocycles. The second kappa shape index (κ2) is 5.30. The van der Waals surface area contributed by atoms with E-state index < -0.39 is 0 Å². The number of aromatic amines is 1. The van der Waals surface area contributed by atoms with Crippen LogP contribution in [0.4, 0.5) is 0 Å². The van der Waals surface area contributed by atoms with E-state index in [0.29, 0.717) is 17.5 Å². The highest BCUT2D eigenvalue weighted by Crippen LogP contribution is 2.08. The number of rotatable bonds is 5. The first-order valence-corrected chi connectivity index (χ1v) is 6.26. The van der Waals surface area contributed by atoms with Gasteiger partial charge in [0.05, 0.1) is 0 Å². The lowest BCUT2D eigenvalue weighted by Gasteiger charge is -2.14. The standard InChI is InChI=1S/C12H19N5O/c1-4-5-9(13-3)6-10-7-11-15-16-12(18)17(11)8(2)14-10/h7,9,13H,4-6H2,1-3H3,(H,16,18).